The van der Waals surface area contributed by atoms with Crippen molar-refractivity contribution in [3.05, 3.63) is 53.4 Å². The summed E-state index contributed by atoms with van der Waals surface area (Å²) in [5.41, 5.74) is 2.57. The van der Waals surface area contributed by atoms with Gasteiger partial charge in [-0.05, 0) is 54.7 Å². The highest BCUT2D eigenvalue weighted by molar-refractivity contribution is 5.80. The van der Waals surface area contributed by atoms with E-state index in [1.165, 1.54) is 0 Å². The highest BCUT2D eigenvalue weighted by Crippen LogP contribution is 2.33. The zero-order valence-corrected chi connectivity index (χ0v) is 18.6. The van der Waals surface area contributed by atoms with Crippen LogP contribution in [-0.2, 0) is 11.2 Å². The normalized spacial score (nSPS) is 12.9. The number of aryl methyl sites for hydroxylation is 1. The number of carboxylic acid groups (broad SMARTS) is 1. The van der Waals surface area contributed by atoms with Gasteiger partial charge in [0, 0.05) is 17.0 Å². The number of ether oxygens (including phenoxy) is 2. The first kappa shape index (κ1) is 22.4. The molecule has 164 valence electrons. The van der Waals surface area contributed by atoms with E-state index in [9.17, 15) is 9.90 Å². The Labute approximate surface area is 182 Å². The predicted molar refractivity (Wildman–Crippen MR) is 121 cm³/mol. The van der Waals surface area contributed by atoms with E-state index in [1.807, 2.05) is 50.2 Å². The van der Waals surface area contributed by atoms with Crippen LogP contribution in [0.25, 0.3) is 22.3 Å². The molecule has 0 radical (unpaired) electrons. The van der Waals surface area contributed by atoms with Crippen LogP contribution in [0.2, 0.25) is 0 Å². The number of carbonyl (C=O) groups is 1. The third-order valence-electron chi connectivity index (χ3n) is 5.16. The lowest BCUT2D eigenvalue weighted by atomic mass is 10.0. The lowest BCUT2D eigenvalue weighted by Crippen LogP contribution is -2.23. The van der Waals surface area contributed by atoms with Crippen LogP contribution in [0.15, 0.2) is 51.9 Å². The Kier molecular flexibility index (Phi) is 7.00. The quantitative estimate of drug-likeness (QED) is 0.546. The molecule has 2 aromatic carbocycles. The minimum absolute atomic E-state index is 0.209. The molecule has 0 fully saturated rings. The molecule has 3 rings (SSSR count). The summed E-state index contributed by atoms with van der Waals surface area (Å²) in [6, 6.07) is 12.4. The highest BCUT2D eigenvalue weighted by atomic mass is 16.5. The van der Waals surface area contributed by atoms with E-state index in [2.05, 4.69) is 11.9 Å². The summed E-state index contributed by atoms with van der Waals surface area (Å²) in [4.78, 5) is 16.5. The van der Waals surface area contributed by atoms with Crippen LogP contribution >= 0.6 is 0 Å². The topological polar surface area (TPSA) is 81.3 Å². The highest BCUT2D eigenvalue weighted by Gasteiger charge is 2.18. The molecule has 6 nitrogen and oxygen atoms in total. The summed E-state index contributed by atoms with van der Waals surface area (Å²) in [6.45, 7) is 6.06. The van der Waals surface area contributed by atoms with Crippen molar-refractivity contribution in [1.82, 2.24) is 0 Å². The van der Waals surface area contributed by atoms with Gasteiger partial charge in [-0.15, -0.1) is 0 Å². The number of hydrogen-bond donors (Lipinski definition) is 1. The first-order valence-corrected chi connectivity index (χ1v) is 10.4. The fraction of sp³-hybridized carbons (Fsp3) is 0.360. The van der Waals surface area contributed by atoms with Gasteiger partial charge in [0.05, 0.1) is 19.6 Å². The lowest BCUT2D eigenvalue weighted by Gasteiger charge is -2.12. The summed E-state index contributed by atoms with van der Waals surface area (Å²) in [6.07, 6.45) is 1.32. The number of rotatable bonds is 8. The van der Waals surface area contributed by atoms with Crippen molar-refractivity contribution in [2.24, 2.45) is 10.9 Å². The molecule has 31 heavy (non-hydrogen) atoms. The van der Waals surface area contributed by atoms with Crippen LogP contribution in [0.5, 0.6) is 11.5 Å². The molecule has 6 heteroatoms. The Bertz CT molecular complexity index is 1150. The van der Waals surface area contributed by atoms with Crippen LogP contribution < -0.4 is 14.8 Å². The first-order chi connectivity index (χ1) is 14.9. The second-order valence-electron chi connectivity index (χ2n) is 7.86. The third kappa shape index (κ3) is 5.08. The van der Waals surface area contributed by atoms with Gasteiger partial charge in [0.25, 0.3) is 0 Å². The number of aliphatic carboxylic acids is 1. The average molecular weight is 424 g/mol. The molecule has 0 saturated carbocycles. The SMILES string of the molecule is CCc1ccc2oc(-c3ccc(OC)c(OC)c3)cc(=N[C@H](CC(C)C)C(=O)O)c2c1. The van der Waals surface area contributed by atoms with Crippen LogP contribution in [0.3, 0.4) is 0 Å². The van der Waals surface area contributed by atoms with E-state index in [0.717, 1.165) is 22.9 Å². The number of benzene rings is 2. The molecule has 1 heterocycles. The first-order valence-electron chi connectivity index (χ1n) is 10.4. The van der Waals surface area contributed by atoms with E-state index in [1.54, 1.807) is 20.3 Å². The van der Waals surface area contributed by atoms with Gasteiger partial charge in [0.2, 0.25) is 0 Å². The third-order valence-corrected chi connectivity index (χ3v) is 5.16. The molecule has 1 aromatic heterocycles. The largest absolute Gasteiger partial charge is 0.493 e. The van der Waals surface area contributed by atoms with Gasteiger partial charge in [-0.25, -0.2) is 4.79 Å². The summed E-state index contributed by atoms with van der Waals surface area (Å²) in [5, 5.41) is 11.1. The second kappa shape index (κ2) is 9.69. The maximum absolute atomic E-state index is 11.9. The van der Waals surface area contributed by atoms with Gasteiger partial charge in [-0.3, -0.25) is 4.99 Å². The number of fused-ring (bicyclic) bond motifs is 1. The standard InChI is InChI=1S/C25H29NO5/c1-6-16-7-9-21-18(12-16)19(26-20(25(27)28)11-15(2)3)14-23(31-21)17-8-10-22(29-4)24(13-17)30-5/h7-10,12-15,20H,6,11H2,1-5H3,(H,27,28)/t20-/m1/s1. The number of nitrogens with zero attached hydrogens (tertiary/aromatic N) is 1. The maximum Gasteiger partial charge on any atom is 0.328 e. The molecule has 0 bridgehead atoms. The fourth-order valence-electron chi connectivity index (χ4n) is 3.50. The summed E-state index contributed by atoms with van der Waals surface area (Å²) < 4.78 is 16.9. The zero-order valence-electron chi connectivity index (χ0n) is 18.6. The lowest BCUT2D eigenvalue weighted by molar-refractivity contribution is -0.138. The van der Waals surface area contributed by atoms with Gasteiger partial charge in [0.1, 0.15) is 17.4 Å². The van der Waals surface area contributed by atoms with E-state index >= 15 is 0 Å². The second-order valence-corrected chi connectivity index (χ2v) is 7.86. The number of methoxy groups -OCH3 is 2. The molecule has 0 aliphatic rings. The van der Waals surface area contributed by atoms with Crippen LogP contribution in [0, 0.1) is 5.92 Å². The maximum atomic E-state index is 11.9. The molecule has 0 saturated heterocycles. The van der Waals surface area contributed by atoms with E-state index < -0.39 is 12.0 Å². The van der Waals surface area contributed by atoms with Gasteiger partial charge >= 0.3 is 5.97 Å². The molecule has 0 aliphatic carbocycles. The molecule has 1 N–H and O–H groups in total. The van der Waals surface area contributed by atoms with Crippen molar-refractivity contribution in [1.29, 1.82) is 0 Å². The predicted octanol–water partition coefficient (Wildman–Crippen LogP) is 5.08. The van der Waals surface area contributed by atoms with E-state index in [0.29, 0.717) is 34.6 Å². The minimum Gasteiger partial charge on any atom is -0.493 e. The summed E-state index contributed by atoms with van der Waals surface area (Å²) >= 11 is 0. The summed E-state index contributed by atoms with van der Waals surface area (Å²) in [5.74, 6) is 1.05. The van der Waals surface area contributed by atoms with Gasteiger partial charge in [0.15, 0.2) is 11.5 Å². The number of carboxylic acids is 1. The molecule has 1 atom stereocenters. The Balaban J connectivity index is 2.26. The molecule has 0 amide bonds. The molecule has 0 spiro atoms. The van der Waals surface area contributed by atoms with Crippen LogP contribution in [0.1, 0.15) is 32.8 Å². The molecular weight excluding hydrogens is 394 g/mol. The van der Waals surface area contributed by atoms with Crippen LogP contribution in [0.4, 0.5) is 0 Å². The molecule has 0 unspecified atom stereocenters. The Morgan fingerprint density at radius 3 is 2.42 bits per heavy atom. The average Bonchev–Trinajstić information content (AvgIpc) is 2.77. The van der Waals surface area contributed by atoms with E-state index in [4.69, 9.17) is 13.9 Å². The fourth-order valence-corrected chi connectivity index (χ4v) is 3.50. The van der Waals surface area contributed by atoms with E-state index in [-0.39, 0.29) is 5.92 Å². The van der Waals surface area contributed by atoms with Crippen molar-refractivity contribution in [2.45, 2.75) is 39.7 Å². The van der Waals surface area contributed by atoms with Gasteiger partial charge in [-0.2, -0.15) is 0 Å². The number of hydrogen-bond acceptors (Lipinski definition) is 5. The zero-order chi connectivity index (χ0) is 22.5. The Hall–Kier alpha value is -3.28. The van der Waals surface area contributed by atoms with Crippen molar-refractivity contribution in [3.63, 3.8) is 0 Å². The van der Waals surface area contributed by atoms with Crippen molar-refractivity contribution < 1.29 is 23.8 Å². The molecular formula is C25H29NO5. The van der Waals surface area contributed by atoms with Crippen molar-refractivity contribution in [3.8, 4) is 22.8 Å². The Morgan fingerprint density at radius 1 is 1.06 bits per heavy atom. The monoisotopic (exact) mass is 423 g/mol. The molecule has 3 aromatic rings. The Morgan fingerprint density at radius 2 is 1.81 bits per heavy atom. The van der Waals surface area contributed by atoms with Gasteiger partial charge < -0.3 is 19.0 Å². The van der Waals surface area contributed by atoms with Crippen molar-refractivity contribution >= 4 is 16.9 Å². The minimum atomic E-state index is -0.929. The van der Waals surface area contributed by atoms with Gasteiger partial charge in [-0.1, -0.05) is 26.8 Å². The molecule has 0 aliphatic heterocycles. The summed E-state index contributed by atoms with van der Waals surface area (Å²) in [7, 11) is 3.16. The smallest absolute Gasteiger partial charge is 0.328 e. The van der Waals surface area contributed by atoms with Crippen LogP contribution in [-0.4, -0.2) is 31.3 Å². The van der Waals surface area contributed by atoms with Crippen molar-refractivity contribution in [2.75, 3.05) is 14.2 Å².